The number of carbonyl (C=O) groups is 1. The van der Waals surface area contributed by atoms with E-state index in [4.69, 9.17) is 4.98 Å². The third kappa shape index (κ3) is 5.28. The molecule has 0 bridgehead atoms. The third-order valence-electron chi connectivity index (χ3n) is 5.52. The predicted molar refractivity (Wildman–Crippen MR) is 128 cm³/mol. The van der Waals surface area contributed by atoms with Gasteiger partial charge in [0.1, 0.15) is 0 Å². The summed E-state index contributed by atoms with van der Waals surface area (Å²) < 4.78 is 1.73. The zero-order chi connectivity index (χ0) is 22.7. The first-order valence-corrected chi connectivity index (χ1v) is 11.7. The SMILES string of the molecule is Cc1cc(C(=O)CSc2nc3ccccc3c(=O)n2CCN(C(C)C)C(C)C)c(C)[nH]1. The minimum atomic E-state index is -0.0540. The Kier molecular flexibility index (Phi) is 7.38. The molecule has 0 aliphatic rings. The molecule has 166 valence electrons. The Morgan fingerprint density at radius 3 is 2.45 bits per heavy atom. The first-order chi connectivity index (χ1) is 14.7. The summed E-state index contributed by atoms with van der Waals surface area (Å²) in [4.78, 5) is 36.3. The van der Waals surface area contributed by atoms with E-state index in [0.29, 0.717) is 40.3 Å². The van der Waals surface area contributed by atoms with Gasteiger partial charge >= 0.3 is 0 Å². The van der Waals surface area contributed by atoms with Gasteiger partial charge in [-0.1, -0.05) is 23.9 Å². The van der Waals surface area contributed by atoms with Crippen molar-refractivity contribution in [2.24, 2.45) is 0 Å². The summed E-state index contributed by atoms with van der Waals surface area (Å²) in [6.07, 6.45) is 0. The van der Waals surface area contributed by atoms with Crippen molar-refractivity contribution in [3.05, 3.63) is 57.6 Å². The number of aryl methyl sites for hydroxylation is 2. The van der Waals surface area contributed by atoms with Crippen molar-refractivity contribution in [3.8, 4) is 0 Å². The van der Waals surface area contributed by atoms with Crippen molar-refractivity contribution in [2.75, 3.05) is 12.3 Å². The molecule has 6 nitrogen and oxygen atoms in total. The third-order valence-corrected chi connectivity index (χ3v) is 6.49. The number of carbonyl (C=O) groups excluding carboxylic acids is 1. The lowest BCUT2D eigenvalue weighted by molar-refractivity contribution is 0.102. The standard InChI is InChI=1S/C24H32N4O2S/c1-15(2)27(16(3)4)11-12-28-23(30)19-9-7-8-10-21(19)26-24(28)31-14-22(29)20-13-17(5)25-18(20)6/h7-10,13,15-16,25H,11-12,14H2,1-6H3. The zero-order valence-corrected chi connectivity index (χ0v) is 20.0. The molecule has 0 aliphatic carbocycles. The summed E-state index contributed by atoms with van der Waals surface area (Å²) in [5.41, 5.74) is 3.15. The molecule has 2 aromatic heterocycles. The van der Waals surface area contributed by atoms with Gasteiger partial charge in [0, 0.05) is 42.1 Å². The van der Waals surface area contributed by atoms with Gasteiger partial charge in [0.25, 0.3) is 5.56 Å². The largest absolute Gasteiger partial charge is 0.362 e. The van der Waals surface area contributed by atoms with Crippen LogP contribution in [0.1, 0.15) is 49.4 Å². The van der Waals surface area contributed by atoms with Gasteiger partial charge in [-0.2, -0.15) is 0 Å². The summed E-state index contributed by atoms with van der Waals surface area (Å²) in [6.45, 7) is 13.8. The van der Waals surface area contributed by atoms with Gasteiger partial charge < -0.3 is 4.98 Å². The fraction of sp³-hybridized carbons (Fsp3) is 0.458. The van der Waals surface area contributed by atoms with Crippen LogP contribution in [0, 0.1) is 13.8 Å². The second kappa shape index (κ2) is 9.83. The van der Waals surface area contributed by atoms with Crippen LogP contribution in [-0.4, -0.2) is 49.6 Å². The molecule has 0 saturated heterocycles. The molecule has 1 aromatic carbocycles. The summed E-state index contributed by atoms with van der Waals surface area (Å²) in [5.74, 6) is 0.271. The van der Waals surface area contributed by atoms with Crippen molar-refractivity contribution in [2.45, 2.75) is 65.3 Å². The molecule has 2 heterocycles. The molecule has 3 aromatic rings. The fourth-order valence-corrected chi connectivity index (χ4v) is 4.91. The fourth-order valence-electron chi connectivity index (χ4n) is 4.00. The van der Waals surface area contributed by atoms with E-state index in [1.54, 1.807) is 4.57 Å². The highest BCUT2D eigenvalue weighted by molar-refractivity contribution is 7.99. The van der Waals surface area contributed by atoms with Gasteiger partial charge in [-0.3, -0.25) is 19.1 Å². The number of thioether (sulfide) groups is 1. The summed E-state index contributed by atoms with van der Waals surface area (Å²) in [7, 11) is 0. The van der Waals surface area contributed by atoms with E-state index in [-0.39, 0.29) is 17.1 Å². The number of nitrogens with zero attached hydrogens (tertiary/aromatic N) is 3. The van der Waals surface area contributed by atoms with Crippen molar-refractivity contribution < 1.29 is 4.79 Å². The molecule has 1 N–H and O–H groups in total. The summed E-state index contributed by atoms with van der Waals surface area (Å²) >= 11 is 1.34. The molecule has 0 spiro atoms. The number of nitrogens with one attached hydrogen (secondary N) is 1. The van der Waals surface area contributed by atoms with Gasteiger partial charge in [-0.25, -0.2) is 4.98 Å². The number of fused-ring (bicyclic) bond motifs is 1. The van der Waals surface area contributed by atoms with Crippen molar-refractivity contribution in [1.29, 1.82) is 0 Å². The molecule has 3 rings (SSSR count). The van der Waals surface area contributed by atoms with Gasteiger partial charge in [-0.05, 0) is 59.7 Å². The van der Waals surface area contributed by atoms with Crippen LogP contribution in [0.2, 0.25) is 0 Å². The maximum atomic E-state index is 13.3. The van der Waals surface area contributed by atoms with E-state index in [1.807, 2.05) is 44.2 Å². The van der Waals surface area contributed by atoms with Crippen LogP contribution >= 0.6 is 11.8 Å². The maximum Gasteiger partial charge on any atom is 0.262 e. The second-order valence-corrected chi connectivity index (χ2v) is 9.44. The number of Topliss-reactive ketones (excluding diaryl/α,β-unsaturated/α-hetero) is 1. The number of aromatic amines is 1. The molecule has 0 aliphatic heterocycles. The van der Waals surface area contributed by atoms with Crippen molar-refractivity contribution >= 4 is 28.4 Å². The van der Waals surface area contributed by atoms with Crippen LogP contribution in [0.5, 0.6) is 0 Å². The monoisotopic (exact) mass is 440 g/mol. The number of ketones is 1. The van der Waals surface area contributed by atoms with Gasteiger partial charge in [0.15, 0.2) is 10.9 Å². The van der Waals surface area contributed by atoms with E-state index in [0.717, 1.165) is 17.9 Å². The predicted octanol–water partition coefficient (Wildman–Crippen LogP) is 4.44. The number of aromatic nitrogens is 3. The Bertz CT molecular complexity index is 1120. The molecule has 0 amide bonds. The molecule has 31 heavy (non-hydrogen) atoms. The quantitative estimate of drug-likeness (QED) is 0.303. The Morgan fingerprint density at radius 2 is 1.84 bits per heavy atom. The Labute approximate surface area is 188 Å². The van der Waals surface area contributed by atoms with Gasteiger partial charge in [0.2, 0.25) is 0 Å². The molecule has 0 fully saturated rings. The molecule has 7 heteroatoms. The van der Waals surface area contributed by atoms with Gasteiger partial charge in [-0.15, -0.1) is 0 Å². The van der Waals surface area contributed by atoms with Crippen molar-refractivity contribution in [1.82, 2.24) is 19.4 Å². The summed E-state index contributed by atoms with van der Waals surface area (Å²) in [5, 5.41) is 1.20. The molecule has 0 atom stereocenters. The average Bonchev–Trinajstić information content (AvgIpc) is 3.05. The highest BCUT2D eigenvalue weighted by Crippen LogP contribution is 2.21. The normalized spacial score (nSPS) is 11.9. The first kappa shape index (κ1) is 23.3. The Hall–Kier alpha value is -2.38. The second-order valence-electron chi connectivity index (χ2n) is 8.50. The number of hydrogen-bond acceptors (Lipinski definition) is 5. The maximum absolute atomic E-state index is 13.3. The summed E-state index contributed by atoms with van der Waals surface area (Å²) in [6, 6.07) is 10.0. The van der Waals surface area contributed by atoms with Crippen LogP contribution in [0.25, 0.3) is 10.9 Å². The van der Waals surface area contributed by atoms with E-state index in [9.17, 15) is 9.59 Å². The lowest BCUT2D eigenvalue weighted by atomic mass is 10.2. The van der Waals surface area contributed by atoms with E-state index >= 15 is 0 Å². The molecule has 0 saturated carbocycles. The topological polar surface area (TPSA) is 71.0 Å². The number of para-hydroxylation sites is 1. The lowest BCUT2D eigenvalue weighted by Crippen LogP contribution is -2.40. The number of hydrogen-bond donors (Lipinski definition) is 1. The minimum Gasteiger partial charge on any atom is -0.362 e. The first-order valence-electron chi connectivity index (χ1n) is 10.8. The smallest absolute Gasteiger partial charge is 0.262 e. The number of H-pyrrole nitrogens is 1. The zero-order valence-electron chi connectivity index (χ0n) is 19.2. The average molecular weight is 441 g/mol. The minimum absolute atomic E-state index is 0.0341. The Balaban J connectivity index is 1.91. The van der Waals surface area contributed by atoms with E-state index < -0.39 is 0 Å². The van der Waals surface area contributed by atoms with Crippen LogP contribution < -0.4 is 5.56 Å². The number of benzene rings is 1. The van der Waals surface area contributed by atoms with E-state index in [2.05, 4.69) is 37.6 Å². The van der Waals surface area contributed by atoms with Crippen molar-refractivity contribution in [3.63, 3.8) is 0 Å². The Morgan fingerprint density at radius 1 is 1.16 bits per heavy atom. The van der Waals surface area contributed by atoms with Crippen LogP contribution in [-0.2, 0) is 6.54 Å². The lowest BCUT2D eigenvalue weighted by Gasteiger charge is -2.30. The van der Waals surface area contributed by atoms with Crippen LogP contribution in [0.3, 0.4) is 0 Å². The highest BCUT2D eigenvalue weighted by atomic mass is 32.2. The van der Waals surface area contributed by atoms with Crippen LogP contribution in [0.15, 0.2) is 40.3 Å². The highest BCUT2D eigenvalue weighted by Gasteiger charge is 2.18. The molecule has 0 radical (unpaired) electrons. The molecular weight excluding hydrogens is 408 g/mol. The van der Waals surface area contributed by atoms with Crippen LogP contribution in [0.4, 0.5) is 0 Å². The molecular formula is C24H32N4O2S. The number of rotatable bonds is 9. The molecule has 0 unspecified atom stereocenters. The van der Waals surface area contributed by atoms with Gasteiger partial charge in [0.05, 0.1) is 16.7 Å². The van der Waals surface area contributed by atoms with E-state index in [1.165, 1.54) is 11.8 Å².